The molecule has 2 aliphatic carbocycles. The predicted molar refractivity (Wildman–Crippen MR) is 74.0 cm³/mol. The third-order valence-electron chi connectivity index (χ3n) is 3.72. The van der Waals surface area contributed by atoms with E-state index in [0.717, 1.165) is 23.4 Å². The lowest BCUT2D eigenvalue weighted by Crippen LogP contribution is -2.17. The van der Waals surface area contributed by atoms with Crippen LogP contribution in [-0.2, 0) is 0 Å². The van der Waals surface area contributed by atoms with E-state index in [-0.39, 0.29) is 0 Å². The lowest BCUT2D eigenvalue weighted by atomic mass is 10.1. The van der Waals surface area contributed by atoms with Crippen LogP contribution in [-0.4, -0.2) is 23.1 Å². The highest BCUT2D eigenvalue weighted by Crippen LogP contribution is 2.39. The summed E-state index contributed by atoms with van der Waals surface area (Å²) in [6.45, 7) is 2.25. The molecule has 4 nitrogen and oxygen atoms in total. The zero-order chi connectivity index (χ0) is 12.5. The van der Waals surface area contributed by atoms with Gasteiger partial charge in [-0.25, -0.2) is 9.97 Å². The Morgan fingerprint density at radius 3 is 2.56 bits per heavy atom. The minimum absolute atomic E-state index is 0.504. The molecule has 1 aromatic heterocycles. The molecule has 2 N–H and O–H groups in total. The number of rotatable bonds is 6. The van der Waals surface area contributed by atoms with Crippen molar-refractivity contribution in [3.8, 4) is 0 Å². The molecule has 0 saturated heterocycles. The Morgan fingerprint density at radius 1 is 1.22 bits per heavy atom. The molecule has 0 radical (unpaired) electrons. The molecule has 18 heavy (non-hydrogen) atoms. The van der Waals surface area contributed by atoms with E-state index in [1.165, 1.54) is 32.1 Å². The summed E-state index contributed by atoms with van der Waals surface area (Å²) in [7, 11) is 1.91. The van der Waals surface area contributed by atoms with Gasteiger partial charge in [-0.3, -0.25) is 0 Å². The summed E-state index contributed by atoms with van der Waals surface area (Å²) >= 11 is 0. The standard InChI is InChI=1S/C14H22N4/c1-9(7-10-3-4-10)16-13-8-12(15-2)17-14(18-13)11-5-6-11/h8-11H,3-7H2,1-2H3,(H2,15,16,17,18). The van der Waals surface area contributed by atoms with Gasteiger partial charge in [-0.15, -0.1) is 0 Å². The van der Waals surface area contributed by atoms with Gasteiger partial charge in [-0.1, -0.05) is 12.8 Å². The highest BCUT2D eigenvalue weighted by Gasteiger charge is 2.28. The summed E-state index contributed by atoms with van der Waals surface area (Å²) in [4.78, 5) is 9.18. The van der Waals surface area contributed by atoms with Crippen LogP contribution in [0.15, 0.2) is 6.07 Å². The van der Waals surface area contributed by atoms with Gasteiger partial charge in [-0.05, 0) is 32.1 Å². The molecule has 0 bridgehead atoms. The van der Waals surface area contributed by atoms with Crippen LogP contribution in [0.5, 0.6) is 0 Å². The molecular formula is C14H22N4. The molecular weight excluding hydrogens is 224 g/mol. The molecule has 1 unspecified atom stereocenters. The Hall–Kier alpha value is -1.32. The van der Waals surface area contributed by atoms with E-state index in [0.29, 0.717) is 12.0 Å². The first kappa shape index (κ1) is 11.8. The third-order valence-corrected chi connectivity index (χ3v) is 3.72. The summed E-state index contributed by atoms with van der Waals surface area (Å²) in [5.74, 6) is 4.44. The van der Waals surface area contributed by atoms with Crippen molar-refractivity contribution in [2.45, 2.75) is 51.0 Å². The largest absolute Gasteiger partial charge is 0.373 e. The molecule has 2 aliphatic rings. The van der Waals surface area contributed by atoms with E-state index < -0.39 is 0 Å². The average Bonchev–Trinajstić information content (AvgIpc) is 3.21. The van der Waals surface area contributed by atoms with E-state index in [2.05, 4.69) is 27.5 Å². The van der Waals surface area contributed by atoms with Crippen LogP contribution >= 0.6 is 0 Å². The molecule has 0 amide bonds. The molecule has 0 aliphatic heterocycles. The first-order valence-electron chi connectivity index (χ1n) is 7.08. The van der Waals surface area contributed by atoms with Crippen molar-refractivity contribution in [1.82, 2.24) is 9.97 Å². The summed E-state index contributed by atoms with van der Waals surface area (Å²) in [5.41, 5.74) is 0. The monoisotopic (exact) mass is 246 g/mol. The van der Waals surface area contributed by atoms with Crippen LogP contribution < -0.4 is 10.6 Å². The van der Waals surface area contributed by atoms with Gasteiger partial charge in [0.25, 0.3) is 0 Å². The van der Waals surface area contributed by atoms with E-state index in [1.54, 1.807) is 0 Å². The van der Waals surface area contributed by atoms with Crippen LogP contribution in [0.3, 0.4) is 0 Å². The zero-order valence-electron chi connectivity index (χ0n) is 11.2. The summed E-state index contributed by atoms with van der Waals surface area (Å²) in [6, 6.07) is 2.51. The van der Waals surface area contributed by atoms with Crippen molar-refractivity contribution in [3.05, 3.63) is 11.9 Å². The maximum absolute atomic E-state index is 4.65. The molecule has 4 heteroatoms. The second kappa shape index (κ2) is 4.75. The average molecular weight is 246 g/mol. The SMILES string of the molecule is CNc1cc(NC(C)CC2CC2)nc(C2CC2)n1. The number of anilines is 2. The van der Waals surface area contributed by atoms with E-state index in [4.69, 9.17) is 0 Å². The van der Waals surface area contributed by atoms with Crippen LogP contribution in [0.1, 0.15) is 50.8 Å². The van der Waals surface area contributed by atoms with Gasteiger partial charge in [0.1, 0.15) is 17.5 Å². The fourth-order valence-electron chi connectivity index (χ4n) is 2.36. The van der Waals surface area contributed by atoms with Gasteiger partial charge < -0.3 is 10.6 Å². The summed E-state index contributed by atoms with van der Waals surface area (Å²) < 4.78 is 0. The Labute approximate surface area is 109 Å². The van der Waals surface area contributed by atoms with E-state index in [9.17, 15) is 0 Å². The molecule has 3 rings (SSSR count). The number of hydrogen-bond acceptors (Lipinski definition) is 4. The van der Waals surface area contributed by atoms with Gasteiger partial charge >= 0.3 is 0 Å². The molecule has 2 fully saturated rings. The first-order chi connectivity index (χ1) is 8.74. The topological polar surface area (TPSA) is 49.8 Å². The van der Waals surface area contributed by atoms with Crippen molar-refractivity contribution < 1.29 is 0 Å². The van der Waals surface area contributed by atoms with E-state index in [1.807, 2.05) is 13.1 Å². The zero-order valence-corrected chi connectivity index (χ0v) is 11.2. The number of nitrogens with one attached hydrogen (secondary N) is 2. The predicted octanol–water partition coefficient (Wildman–Crippen LogP) is 3.00. The van der Waals surface area contributed by atoms with Crippen molar-refractivity contribution >= 4 is 11.6 Å². The van der Waals surface area contributed by atoms with Crippen LogP contribution in [0.2, 0.25) is 0 Å². The van der Waals surface area contributed by atoms with Gasteiger partial charge in [0.15, 0.2) is 0 Å². The second-order valence-electron chi connectivity index (χ2n) is 5.75. The van der Waals surface area contributed by atoms with Gasteiger partial charge in [0.05, 0.1) is 0 Å². The minimum Gasteiger partial charge on any atom is -0.373 e. The van der Waals surface area contributed by atoms with Crippen molar-refractivity contribution in [3.63, 3.8) is 0 Å². The smallest absolute Gasteiger partial charge is 0.136 e. The second-order valence-corrected chi connectivity index (χ2v) is 5.75. The fraction of sp³-hybridized carbons (Fsp3) is 0.714. The van der Waals surface area contributed by atoms with Crippen molar-refractivity contribution in [2.24, 2.45) is 5.92 Å². The molecule has 2 saturated carbocycles. The molecule has 0 aromatic carbocycles. The minimum atomic E-state index is 0.504. The highest BCUT2D eigenvalue weighted by atomic mass is 15.1. The quantitative estimate of drug-likeness (QED) is 0.810. The number of hydrogen-bond donors (Lipinski definition) is 2. The Kier molecular flexibility index (Phi) is 3.10. The lowest BCUT2D eigenvalue weighted by Gasteiger charge is -2.15. The Balaban J connectivity index is 1.70. The number of aromatic nitrogens is 2. The summed E-state index contributed by atoms with van der Waals surface area (Å²) in [6.07, 6.45) is 6.56. The van der Waals surface area contributed by atoms with Gasteiger partial charge in [-0.2, -0.15) is 0 Å². The van der Waals surface area contributed by atoms with Crippen LogP contribution in [0.4, 0.5) is 11.6 Å². The first-order valence-corrected chi connectivity index (χ1v) is 7.08. The lowest BCUT2D eigenvalue weighted by molar-refractivity contribution is 0.639. The van der Waals surface area contributed by atoms with E-state index >= 15 is 0 Å². The Morgan fingerprint density at radius 2 is 1.94 bits per heavy atom. The normalized spacial score (nSPS) is 20.6. The maximum Gasteiger partial charge on any atom is 0.136 e. The van der Waals surface area contributed by atoms with Crippen LogP contribution in [0, 0.1) is 5.92 Å². The van der Waals surface area contributed by atoms with Crippen molar-refractivity contribution in [2.75, 3.05) is 17.7 Å². The molecule has 98 valence electrons. The highest BCUT2D eigenvalue weighted by molar-refractivity contribution is 5.48. The summed E-state index contributed by atoms with van der Waals surface area (Å²) in [5, 5.41) is 6.65. The maximum atomic E-state index is 4.65. The Bertz CT molecular complexity index is 424. The molecule has 0 spiro atoms. The third kappa shape index (κ3) is 2.92. The molecule has 1 heterocycles. The van der Waals surface area contributed by atoms with Crippen LogP contribution in [0.25, 0.3) is 0 Å². The number of nitrogens with zero attached hydrogens (tertiary/aromatic N) is 2. The molecule has 1 aromatic rings. The van der Waals surface area contributed by atoms with Gasteiger partial charge in [0, 0.05) is 25.1 Å². The fourth-order valence-corrected chi connectivity index (χ4v) is 2.36. The molecule has 1 atom stereocenters. The van der Waals surface area contributed by atoms with Gasteiger partial charge in [0.2, 0.25) is 0 Å². The van der Waals surface area contributed by atoms with Crippen molar-refractivity contribution in [1.29, 1.82) is 0 Å².